The second kappa shape index (κ2) is 5.73. The first-order valence-corrected chi connectivity index (χ1v) is 7.28. The van der Waals surface area contributed by atoms with Crippen molar-refractivity contribution in [3.8, 4) is 5.75 Å². The predicted molar refractivity (Wildman–Crippen MR) is 83.0 cm³/mol. The summed E-state index contributed by atoms with van der Waals surface area (Å²) in [7, 11) is 0. The average Bonchev–Trinajstić information content (AvgIpc) is 2.69. The van der Waals surface area contributed by atoms with E-state index in [1.165, 1.54) is 5.56 Å². The topological polar surface area (TPSA) is 50.9 Å². The van der Waals surface area contributed by atoms with Crippen LogP contribution in [0.3, 0.4) is 0 Å². The van der Waals surface area contributed by atoms with Gasteiger partial charge in [0.1, 0.15) is 5.75 Å². The lowest BCUT2D eigenvalue weighted by atomic mass is 9.90. The third kappa shape index (κ3) is 2.74. The summed E-state index contributed by atoms with van der Waals surface area (Å²) in [4.78, 5) is 6.66. The third-order valence-corrected chi connectivity index (χ3v) is 3.76. The van der Waals surface area contributed by atoms with Crippen molar-refractivity contribution in [1.82, 2.24) is 4.90 Å². The van der Waals surface area contributed by atoms with Gasteiger partial charge in [0, 0.05) is 6.54 Å². The molecule has 1 aliphatic heterocycles. The SMILES string of the molecule is CCOc1ccc(C2(C)CN=C(N)N2CC(C)C)cc1. The van der Waals surface area contributed by atoms with E-state index in [0.29, 0.717) is 25.0 Å². The number of rotatable bonds is 5. The molecule has 1 unspecified atom stereocenters. The van der Waals surface area contributed by atoms with Crippen LogP contribution < -0.4 is 10.5 Å². The van der Waals surface area contributed by atoms with E-state index in [1.54, 1.807) is 0 Å². The molecule has 0 bridgehead atoms. The quantitative estimate of drug-likeness (QED) is 0.898. The van der Waals surface area contributed by atoms with Crippen molar-refractivity contribution in [2.75, 3.05) is 19.7 Å². The Morgan fingerprint density at radius 2 is 2.00 bits per heavy atom. The molecule has 0 radical (unpaired) electrons. The van der Waals surface area contributed by atoms with E-state index < -0.39 is 0 Å². The van der Waals surface area contributed by atoms with Crippen LogP contribution in [0.5, 0.6) is 5.75 Å². The number of ether oxygens (including phenoxy) is 1. The minimum Gasteiger partial charge on any atom is -0.494 e. The van der Waals surface area contributed by atoms with Crippen LogP contribution in [0, 0.1) is 5.92 Å². The lowest BCUT2D eigenvalue weighted by molar-refractivity contribution is 0.204. The van der Waals surface area contributed by atoms with Crippen LogP contribution in [0.25, 0.3) is 0 Å². The van der Waals surface area contributed by atoms with Gasteiger partial charge in [0.05, 0.1) is 18.7 Å². The number of nitrogens with two attached hydrogens (primary N) is 1. The second-order valence-corrected chi connectivity index (χ2v) is 5.91. The maximum absolute atomic E-state index is 6.07. The number of nitrogens with zero attached hydrogens (tertiary/aromatic N) is 2. The van der Waals surface area contributed by atoms with Crippen molar-refractivity contribution < 1.29 is 4.74 Å². The fraction of sp³-hybridized carbons (Fsp3) is 0.562. The molecule has 0 amide bonds. The lowest BCUT2D eigenvalue weighted by Crippen LogP contribution is -2.48. The molecule has 2 N–H and O–H groups in total. The van der Waals surface area contributed by atoms with Gasteiger partial charge in [-0.1, -0.05) is 26.0 Å². The molecule has 4 nitrogen and oxygen atoms in total. The molecule has 1 aromatic carbocycles. The van der Waals surface area contributed by atoms with E-state index in [2.05, 4.69) is 42.8 Å². The smallest absolute Gasteiger partial charge is 0.192 e. The maximum atomic E-state index is 6.07. The van der Waals surface area contributed by atoms with Gasteiger partial charge in [0.15, 0.2) is 5.96 Å². The van der Waals surface area contributed by atoms with Gasteiger partial charge < -0.3 is 15.4 Å². The molecule has 20 heavy (non-hydrogen) atoms. The normalized spacial score (nSPS) is 22.2. The number of hydrogen-bond donors (Lipinski definition) is 1. The number of guanidine groups is 1. The fourth-order valence-electron chi connectivity index (χ4n) is 2.64. The zero-order chi connectivity index (χ0) is 14.8. The summed E-state index contributed by atoms with van der Waals surface area (Å²) in [5, 5.41) is 0. The largest absolute Gasteiger partial charge is 0.494 e. The zero-order valence-corrected chi connectivity index (χ0v) is 12.9. The molecule has 0 aromatic heterocycles. The molecule has 4 heteroatoms. The molecular weight excluding hydrogens is 250 g/mol. The third-order valence-electron chi connectivity index (χ3n) is 3.76. The van der Waals surface area contributed by atoms with Crippen molar-refractivity contribution in [2.45, 2.75) is 33.2 Å². The first kappa shape index (κ1) is 14.7. The second-order valence-electron chi connectivity index (χ2n) is 5.91. The predicted octanol–water partition coefficient (Wildman–Crippen LogP) is 2.59. The Morgan fingerprint density at radius 3 is 2.55 bits per heavy atom. The number of aliphatic imine (C=N–C) groups is 1. The van der Waals surface area contributed by atoms with Crippen molar-refractivity contribution in [3.05, 3.63) is 29.8 Å². The Morgan fingerprint density at radius 1 is 1.35 bits per heavy atom. The molecule has 0 saturated heterocycles. The van der Waals surface area contributed by atoms with E-state index >= 15 is 0 Å². The van der Waals surface area contributed by atoms with Crippen molar-refractivity contribution in [3.63, 3.8) is 0 Å². The first-order chi connectivity index (χ1) is 9.47. The minimum absolute atomic E-state index is 0.154. The highest BCUT2D eigenvalue weighted by Crippen LogP contribution is 2.34. The Labute approximate surface area is 121 Å². The van der Waals surface area contributed by atoms with Crippen LogP contribution in [0.4, 0.5) is 0 Å². The molecule has 0 saturated carbocycles. The summed E-state index contributed by atoms with van der Waals surface area (Å²) in [5.41, 5.74) is 7.14. The van der Waals surface area contributed by atoms with Gasteiger partial charge in [-0.15, -0.1) is 0 Å². The van der Waals surface area contributed by atoms with Crippen LogP contribution in [-0.4, -0.2) is 30.6 Å². The Balaban J connectivity index is 2.24. The summed E-state index contributed by atoms with van der Waals surface area (Å²) in [6, 6.07) is 8.27. The van der Waals surface area contributed by atoms with E-state index in [4.69, 9.17) is 10.5 Å². The summed E-state index contributed by atoms with van der Waals surface area (Å²) in [5.74, 6) is 2.10. The van der Waals surface area contributed by atoms with Crippen LogP contribution in [0.15, 0.2) is 29.3 Å². The highest BCUT2D eigenvalue weighted by Gasteiger charge is 2.39. The minimum atomic E-state index is -0.154. The zero-order valence-electron chi connectivity index (χ0n) is 12.9. The molecule has 110 valence electrons. The van der Waals surface area contributed by atoms with Crippen LogP contribution in [-0.2, 0) is 5.54 Å². The summed E-state index contributed by atoms with van der Waals surface area (Å²) >= 11 is 0. The molecule has 2 rings (SSSR count). The molecule has 1 atom stereocenters. The van der Waals surface area contributed by atoms with Gasteiger partial charge in [0.2, 0.25) is 0 Å². The van der Waals surface area contributed by atoms with Crippen LogP contribution >= 0.6 is 0 Å². The van der Waals surface area contributed by atoms with Crippen LogP contribution in [0.1, 0.15) is 33.3 Å². The number of benzene rings is 1. The average molecular weight is 275 g/mol. The van der Waals surface area contributed by atoms with Gasteiger partial charge in [-0.25, -0.2) is 0 Å². The van der Waals surface area contributed by atoms with Gasteiger partial charge >= 0.3 is 0 Å². The van der Waals surface area contributed by atoms with E-state index in [9.17, 15) is 0 Å². The lowest BCUT2D eigenvalue weighted by Gasteiger charge is -2.37. The monoisotopic (exact) mass is 275 g/mol. The molecule has 0 spiro atoms. The van der Waals surface area contributed by atoms with E-state index in [-0.39, 0.29) is 5.54 Å². The first-order valence-electron chi connectivity index (χ1n) is 7.28. The molecule has 0 fully saturated rings. The van der Waals surface area contributed by atoms with Gasteiger partial charge in [-0.3, -0.25) is 4.99 Å². The van der Waals surface area contributed by atoms with E-state index in [1.807, 2.05) is 19.1 Å². The summed E-state index contributed by atoms with van der Waals surface area (Å²) < 4.78 is 5.50. The van der Waals surface area contributed by atoms with Gasteiger partial charge in [-0.05, 0) is 37.5 Å². The van der Waals surface area contributed by atoms with Crippen molar-refractivity contribution in [2.24, 2.45) is 16.6 Å². The maximum Gasteiger partial charge on any atom is 0.192 e. The Hall–Kier alpha value is -1.71. The molecule has 0 aliphatic carbocycles. The van der Waals surface area contributed by atoms with Crippen molar-refractivity contribution >= 4 is 5.96 Å². The van der Waals surface area contributed by atoms with Gasteiger partial charge in [-0.2, -0.15) is 0 Å². The Kier molecular flexibility index (Phi) is 4.21. The van der Waals surface area contributed by atoms with Crippen LogP contribution in [0.2, 0.25) is 0 Å². The number of hydrogen-bond acceptors (Lipinski definition) is 4. The molecule has 1 heterocycles. The molecule has 1 aromatic rings. The van der Waals surface area contributed by atoms with Crippen molar-refractivity contribution in [1.29, 1.82) is 0 Å². The molecule has 1 aliphatic rings. The fourth-order valence-corrected chi connectivity index (χ4v) is 2.64. The summed E-state index contributed by atoms with van der Waals surface area (Å²) in [6.07, 6.45) is 0. The molecular formula is C16H25N3O. The standard InChI is InChI=1S/C16H25N3O/c1-5-20-14-8-6-13(7-9-14)16(4)11-18-15(17)19(16)10-12(2)3/h6-9,12H,5,10-11H2,1-4H3,(H2,17,18). The Bertz CT molecular complexity index is 481. The summed E-state index contributed by atoms with van der Waals surface area (Å²) in [6.45, 7) is 10.9. The highest BCUT2D eigenvalue weighted by molar-refractivity contribution is 5.81. The van der Waals surface area contributed by atoms with Gasteiger partial charge in [0.25, 0.3) is 0 Å². The van der Waals surface area contributed by atoms with E-state index in [0.717, 1.165) is 12.3 Å². The highest BCUT2D eigenvalue weighted by atomic mass is 16.5.